The molecule has 2 aromatic rings. The molecule has 2 rings (SSSR count). The monoisotopic (exact) mass is 394 g/mol. The molecule has 128 valence electrons. The van der Waals surface area contributed by atoms with Crippen LogP contribution in [0.25, 0.3) is 12.2 Å². The molecule has 0 spiro atoms. The predicted octanol–water partition coefficient (Wildman–Crippen LogP) is 4.36. The van der Waals surface area contributed by atoms with Crippen LogP contribution in [-0.2, 0) is 0 Å². The smallest absolute Gasteiger partial charge is 0.207 e. The van der Waals surface area contributed by atoms with Crippen LogP contribution in [0, 0.1) is 0 Å². The Labute approximate surface area is 149 Å². The summed E-state index contributed by atoms with van der Waals surface area (Å²) in [7, 11) is 6.10. The SMILES string of the molecule is COc1ccc(C=Cc2cc(OC)c(OC)c(OC)c2O)cc1Br. The van der Waals surface area contributed by atoms with Crippen LogP contribution in [0.5, 0.6) is 28.7 Å². The first-order valence-electron chi connectivity index (χ1n) is 7.09. The van der Waals surface area contributed by atoms with Crippen molar-refractivity contribution in [1.29, 1.82) is 0 Å². The highest BCUT2D eigenvalue weighted by molar-refractivity contribution is 9.10. The van der Waals surface area contributed by atoms with E-state index in [-0.39, 0.29) is 11.5 Å². The molecule has 5 nitrogen and oxygen atoms in total. The molecule has 0 aliphatic carbocycles. The molecule has 0 aromatic heterocycles. The van der Waals surface area contributed by atoms with Crippen molar-refractivity contribution in [2.75, 3.05) is 28.4 Å². The van der Waals surface area contributed by atoms with Gasteiger partial charge >= 0.3 is 0 Å². The molecule has 24 heavy (non-hydrogen) atoms. The summed E-state index contributed by atoms with van der Waals surface area (Å²) >= 11 is 3.45. The average Bonchev–Trinajstić information content (AvgIpc) is 2.60. The summed E-state index contributed by atoms with van der Waals surface area (Å²) in [5, 5.41) is 10.4. The van der Waals surface area contributed by atoms with E-state index in [1.165, 1.54) is 21.3 Å². The van der Waals surface area contributed by atoms with E-state index in [0.717, 1.165) is 15.8 Å². The molecule has 0 saturated heterocycles. The van der Waals surface area contributed by atoms with Gasteiger partial charge in [-0.2, -0.15) is 0 Å². The van der Waals surface area contributed by atoms with Crippen molar-refractivity contribution in [1.82, 2.24) is 0 Å². The third-order valence-electron chi connectivity index (χ3n) is 3.46. The van der Waals surface area contributed by atoms with Crippen LogP contribution < -0.4 is 18.9 Å². The zero-order valence-electron chi connectivity index (χ0n) is 13.9. The summed E-state index contributed by atoms with van der Waals surface area (Å²) in [5.41, 5.74) is 1.49. The summed E-state index contributed by atoms with van der Waals surface area (Å²) in [5.74, 6) is 1.79. The number of hydrogen-bond donors (Lipinski definition) is 1. The van der Waals surface area contributed by atoms with Crippen LogP contribution in [0.4, 0.5) is 0 Å². The number of methoxy groups -OCH3 is 4. The van der Waals surface area contributed by atoms with Crippen LogP contribution in [-0.4, -0.2) is 33.5 Å². The zero-order valence-corrected chi connectivity index (χ0v) is 15.5. The molecule has 6 heteroatoms. The number of ether oxygens (including phenoxy) is 4. The molecule has 0 atom stereocenters. The van der Waals surface area contributed by atoms with Gasteiger partial charge in [-0.15, -0.1) is 0 Å². The van der Waals surface area contributed by atoms with Crippen molar-refractivity contribution in [3.8, 4) is 28.7 Å². The van der Waals surface area contributed by atoms with Crippen LogP contribution in [0.15, 0.2) is 28.7 Å². The molecule has 0 saturated carbocycles. The van der Waals surface area contributed by atoms with Gasteiger partial charge in [0, 0.05) is 5.56 Å². The van der Waals surface area contributed by atoms with Crippen molar-refractivity contribution in [3.05, 3.63) is 39.9 Å². The van der Waals surface area contributed by atoms with Gasteiger partial charge in [-0.1, -0.05) is 18.2 Å². The van der Waals surface area contributed by atoms with Crippen LogP contribution in [0.2, 0.25) is 0 Å². The summed E-state index contributed by atoms with van der Waals surface area (Å²) in [6.45, 7) is 0. The number of benzene rings is 2. The van der Waals surface area contributed by atoms with E-state index in [0.29, 0.717) is 17.1 Å². The van der Waals surface area contributed by atoms with E-state index in [1.54, 1.807) is 19.3 Å². The Balaban J connectivity index is 2.43. The fourth-order valence-corrected chi connectivity index (χ4v) is 2.82. The molecule has 0 aliphatic heterocycles. The lowest BCUT2D eigenvalue weighted by Crippen LogP contribution is -1.96. The fraction of sp³-hybridized carbons (Fsp3) is 0.222. The normalized spacial score (nSPS) is 10.7. The van der Waals surface area contributed by atoms with Gasteiger partial charge in [0.15, 0.2) is 11.5 Å². The average molecular weight is 395 g/mol. The summed E-state index contributed by atoms with van der Waals surface area (Å²) < 4.78 is 21.8. The van der Waals surface area contributed by atoms with Gasteiger partial charge in [0.2, 0.25) is 11.5 Å². The van der Waals surface area contributed by atoms with Crippen molar-refractivity contribution in [2.24, 2.45) is 0 Å². The number of rotatable bonds is 6. The van der Waals surface area contributed by atoms with E-state index in [2.05, 4.69) is 15.9 Å². The number of aromatic hydroxyl groups is 1. The second kappa shape index (κ2) is 7.97. The molecule has 2 aromatic carbocycles. The molecular weight excluding hydrogens is 376 g/mol. The van der Waals surface area contributed by atoms with Crippen molar-refractivity contribution in [3.63, 3.8) is 0 Å². The Kier molecular flexibility index (Phi) is 5.98. The topological polar surface area (TPSA) is 57.2 Å². The highest BCUT2D eigenvalue weighted by atomic mass is 79.9. The molecule has 0 aliphatic rings. The summed E-state index contributed by atoms with van der Waals surface area (Å²) in [6.07, 6.45) is 3.64. The standard InChI is InChI=1S/C18H19BrO5/c1-21-14-8-6-11(9-13(14)19)5-7-12-10-15(22-2)17(23-3)18(24-4)16(12)20/h5-10,20H,1-4H3. The first-order chi connectivity index (χ1) is 11.5. The molecule has 0 radical (unpaired) electrons. The fourth-order valence-electron chi connectivity index (χ4n) is 2.26. The Bertz CT molecular complexity index is 756. The number of hydrogen-bond acceptors (Lipinski definition) is 5. The van der Waals surface area contributed by atoms with Crippen molar-refractivity contribution in [2.45, 2.75) is 0 Å². The van der Waals surface area contributed by atoms with E-state index in [4.69, 9.17) is 18.9 Å². The van der Waals surface area contributed by atoms with E-state index in [1.807, 2.05) is 24.3 Å². The Morgan fingerprint density at radius 1 is 0.833 bits per heavy atom. The number of halogens is 1. The van der Waals surface area contributed by atoms with E-state index in [9.17, 15) is 5.11 Å². The van der Waals surface area contributed by atoms with Crippen LogP contribution in [0.1, 0.15) is 11.1 Å². The first-order valence-corrected chi connectivity index (χ1v) is 7.88. The minimum Gasteiger partial charge on any atom is -0.504 e. The number of phenols is 1. The maximum Gasteiger partial charge on any atom is 0.207 e. The third kappa shape index (κ3) is 3.59. The molecule has 0 unspecified atom stereocenters. The Morgan fingerprint density at radius 2 is 1.50 bits per heavy atom. The summed E-state index contributed by atoms with van der Waals surface area (Å²) in [6, 6.07) is 7.38. The highest BCUT2D eigenvalue weighted by Crippen LogP contribution is 2.46. The molecule has 1 N–H and O–H groups in total. The Morgan fingerprint density at radius 3 is 2.04 bits per heavy atom. The molecular formula is C18H19BrO5. The maximum atomic E-state index is 10.4. The predicted molar refractivity (Wildman–Crippen MR) is 97.4 cm³/mol. The van der Waals surface area contributed by atoms with E-state index < -0.39 is 0 Å². The van der Waals surface area contributed by atoms with Gasteiger partial charge < -0.3 is 24.1 Å². The van der Waals surface area contributed by atoms with Gasteiger partial charge in [-0.3, -0.25) is 0 Å². The lowest BCUT2D eigenvalue weighted by molar-refractivity contribution is 0.310. The quantitative estimate of drug-likeness (QED) is 0.737. The largest absolute Gasteiger partial charge is 0.504 e. The second-order valence-electron chi connectivity index (χ2n) is 4.81. The highest BCUT2D eigenvalue weighted by Gasteiger charge is 2.18. The minimum atomic E-state index is -0.0148. The number of phenolic OH excluding ortho intramolecular Hbond substituents is 1. The van der Waals surface area contributed by atoms with Crippen molar-refractivity contribution < 1.29 is 24.1 Å². The van der Waals surface area contributed by atoms with Gasteiger partial charge in [-0.25, -0.2) is 0 Å². The van der Waals surface area contributed by atoms with Crippen molar-refractivity contribution >= 4 is 28.1 Å². The molecule has 0 fully saturated rings. The van der Waals surface area contributed by atoms with Gasteiger partial charge in [0.05, 0.1) is 32.9 Å². The Hall–Kier alpha value is -2.34. The summed E-state index contributed by atoms with van der Waals surface area (Å²) in [4.78, 5) is 0. The van der Waals surface area contributed by atoms with Gasteiger partial charge in [0.25, 0.3) is 0 Å². The minimum absolute atomic E-state index is 0.0148. The van der Waals surface area contributed by atoms with Gasteiger partial charge in [-0.05, 0) is 39.7 Å². The van der Waals surface area contributed by atoms with Crippen LogP contribution >= 0.6 is 15.9 Å². The lowest BCUT2D eigenvalue weighted by atomic mass is 10.1. The second-order valence-corrected chi connectivity index (χ2v) is 5.66. The van der Waals surface area contributed by atoms with E-state index >= 15 is 0 Å². The zero-order chi connectivity index (χ0) is 17.7. The van der Waals surface area contributed by atoms with Crippen LogP contribution in [0.3, 0.4) is 0 Å². The third-order valence-corrected chi connectivity index (χ3v) is 4.08. The molecule has 0 amide bonds. The molecule has 0 bridgehead atoms. The lowest BCUT2D eigenvalue weighted by Gasteiger charge is -2.15. The molecule has 0 heterocycles. The van der Waals surface area contributed by atoms with Gasteiger partial charge in [0.1, 0.15) is 5.75 Å². The maximum absolute atomic E-state index is 10.4. The first kappa shape index (κ1) is 18.0.